The molecule has 8 heteroatoms. The van der Waals surface area contributed by atoms with Crippen molar-refractivity contribution in [1.29, 1.82) is 0 Å². The van der Waals surface area contributed by atoms with E-state index in [9.17, 15) is 14.4 Å². The molecule has 4 heterocycles. The van der Waals surface area contributed by atoms with Gasteiger partial charge in [-0.05, 0) is 44.2 Å². The molecule has 1 N–H and O–H groups in total. The van der Waals surface area contributed by atoms with Gasteiger partial charge in [-0.2, -0.15) is 0 Å². The van der Waals surface area contributed by atoms with Crippen molar-refractivity contribution >= 4 is 22.8 Å². The van der Waals surface area contributed by atoms with Crippen LogP contribution in [0.2, 0.25) is 0 Å². The number of amides is 2. The molecule has 2 aromatic heterocycles. The molecule has 2 aliphatic rings. The molecule has 172 valence electrons. The van der Waals surface area contributed by atoms with E-state index in [-0.39, 0.29) is 29.8 Å². The van der Waals surface area contributed by atoms with E-state index in [1.54, 1.807) is 11.2 Å². The number of H-pyrrole nitrogens is 1. The average molecular weight is 449 g/mol. The van der Waals surface area contributed by atoms with Crippen molar-refractivity contribution in [3.8, 4) is 0 Å². The first kappa shape index (κ1) is 21.4. The summed E-state index contributed by atoms with van der Waals surface area (Å²) in [4.78, 5) is 49.0. The maximum atomic E-state index is 13.3. The first-order valence-electron chi connectivity index (χ1n) is 11.5. The van der Waals surface area contributed by atoms with Crippen LogP contribution in [0.1, 0.15) is 59.6 Å². The van der Waals surface area contributed by atoms with E-state index in [1.807, 2.05) is 30.9 Å². The molecule has 0 aliphatic carbocycles. The van der Waals surface area contributed by atoms with Crippen molar-refractivity contribution in [1.82, 2.24) is 19.8 Å². The van der Waals surface area contributed by atoms with Crippen molar-refractivity contribution < 1.29 is 14.0 Å². The van der Waals surface area contributed by atoms with Gasteiger partial charge in [0.05, 0.1) is 31.0 Å². The number of benzene rings is 1. The molecule has 5 rings (SSSR count). The third-order valence-electron chi connectivity index (χ3n) is 7.11. The zero-order valence-corrected chi connectivity index (χ0v) is 19.2. The Morgan fingerprint density at radius 2 is 2.06 bits per heavy atom. The summed E-state index contributed by atoms with van der Waals surface area (Å²) in [6, 6.07) is 3.78. The van der Waals surface area contributed by atoms with Gasteiger partial charge in [0.1, 0.15) is 11.4 Å². The SMILES string of the molecule is CC(=O)N1CCc2c(nc([C@@H]3CCCN3C(=O)Cc3coc4c(C)c(C)ccc34)[nH]c2=O)C1. The number of hydrogen-bond donors (Lipinski definition) is 1. The zero-order chi connectivity index (χ0) is 23.3. The van der Waals surface area contributed by atoms with Crippen LogP contribution in [0, 0.1) is 13.8 Å². The number of nitrogens with zero attached hydrogens (tertiary/aromatic N) is 3. The second-order valence-electron chi connectivity index (χ2n) is 9.13. The lowest BCUT2D eigenvalue weighted by atomic mass is 10.0. The minimum Gasteiger partial charge on any atom is -0.464 e. The van der Waals surface area contributed by atoms with Gasteiger partial charge in [0.15, 0.2) is 0 Å². The quantitative estimate of drug-likeness (QED) is 0.664. The van der Waals surface area contributed by atoms with E-state index in [2.05, 4.69) is 4.98 Å². The molecule has 1 atom stereocenters. The minimum atomic E-state index is -0.273. The van der Waals surface area contributed by atoms with Crippen LogP contribution in [0.25, 0.3) is 11.0 Å². The predicted octanol–water partition coefficient (Wildman–Crippen LogP) is 2.94. The Morgan fingerprint density at radius 3 is 2.85 bits per heavy atom. The molecule has 33 heavy (non-hydrogen) atoms. The normalized spacial score (nSPS) is 18.1. The number of carbonyl (C=O) groups excluding carboxylic acids is 2. The maximum absolute atomic E-state index is 13.3. The molecule has 0 unspecified atom stereocenters. The smallest absolute Gasteiger partial charge is 0.254 e. The summed E-state index contributed by atoms with van der Waals surface area (Å²) in [6.07, 6.45) is 4.00. The Balaban J connectivity index is 1.41. The number of fused-ring (bicyclic) bond motifs is 2. The summed E-state index contributed by atoms with van der Waals surface area (Å²) in [6.45, 7) is 7.07. The number of furan rings is 1. The number of rotatable bonds is 3. The van der Waals surface area contributed by atoms with Crippen molar-refractivity contribution in [3.63, 3.8) is 0 Å². The van der Waals surface area contributed by atoms with Gasteiger partial charge in [0.2, 0.25) is 11.8 Å². The van der Waals surface area contributed by atoms with Crippen LogP contribution in [0.15, 0.2) is 27.6 Å². The first-order valence-corrected chi connectivity index (χ1v) is 11.5. The number of likely N-dealkylation sites (tertiary alicyclic amines) is 1. The summed E-state index contributed by atoms with van der Waals surface area (Å²) in [5, 5.41) is 0.965. The maximum Gasteiger partial charge on any atom is 0.254 e. The number of aromatic nitrogens is 2. The fraction of sp³-hybridized carbons (Fsp3) is 0.440. The van der Waals surface area contributed by atoms with Crippen LogP contribution < -0.4 is 5.56 Å². The van der Waals surface area contributed by atoms with Crippen molar-refractivity contribution in [2.75, 3.05) is 13.1 Å². The Morgan fingerprint density at radius 1 is 1.24 bits per heavy atom. The van der Waals surface area contributed by atoms with Gasteiger partial charge in [0.25, 0.3) is 5.56 Å². The van der Waals surface area contributed by atoms with Crippen LogP contribution in [0.5, 0.6) is 0 Å². The van der Waals surface area contributed by atoms with Gasteiger partial charge in [-0.25, -0.2) is 4.98 Å². The minimum absolute atomic E-state index is 0.0100. The number of carbonyl (C=O) groups is 2. The highest BCUT2D eigenvalue weighted by molar-refractivity contribution is 5.89. The van der Waals surface area contributed by atoms with E-state index < -0.39 is 0 Å². The average Bonchev–Trinajstić information content (AvgIpc) is 3.43. The Bertz CT molecular complexity index is 1320. The molecule has 1 fully saturated rings. The second-order valence-corrected chi connectivity index (χ2v) is 9.13. The number of nitrogens with one attached hydrogen (secondary N) is 1. The second kappa shape index (κ2) is 8.17. The fourth-order valence-electron chi connectivity index (χ4n) is 5.02. The van der Waals surface area contributed by atoms with Crippen molar-refractivity contribution in [2.24, 2.45) is 0 Å². The molecular formula is C25H28N4O4. The topological polar surface area (TPSA) is 99.5 Å². The summed E-state index contributed by atoms with van der Waals surface area (Å²) >= 11 is 0. The van der Waals surface area contributed by atoms with E-state index >= 15 is 0 Å². The standard InChI is InChI=1S/C25H28N4O4/c1-14-6-7-18-17(13-33-23(18)15(14)2)11-22(31)29-9-4-5-21(29)24-26-20-12-28(16(3)30)10-8-19(20)25(32)27-24/h6-7,13,21H,4-5,8-12H2,1-3H3,(H,26,27,32)/t21-/m0/s1. The largest absolute Gasteiger partial charge is 0.464 e. The van der Waals surface area contributed by atoms with E-state index in [1.165, 1.54) is 6.92 Å². The van der Waals surface area contributed by atoms with Crippen molar-refractivity contribution in [3.05, 3.63) is 62.5 Å². The van der Waals surface area contributed by atoms with Crippen LogP contribution in [-0.2, 0) is 29.0 Å². The lowest BCUT2D eigenvalue weighted by molar-refractivity contribution is -0.131. The molecule has 2 amide bonds. The van der Waals surface area contributed by atoms with Gasteiger partial charge in [-0.15, -0.1) is 0 Å². The highest BCUT2D eigenvalue weighted by atomic mass is 16.3. The molecule has 1 saturated heterocycles. The monoisotopic (exact) mass is 448 g/mol. The lowest BCUT2D eigenvalue weighted by Gasteiger charge is -2.28. The van der Waals surface area contributed by atoms with Crippen molar-refractivity contribution in [2.45, 2.75) is 59.0 Å². The van der Waals surface area contributed by atoms with Gasteiger partial charge < -0.3 is 19.2 Å². The van der Waals surface area contributed by atoms with Gasteiger partial charge in [-0.3, -0.25) is 14.4 Å². The molecule has 3 aromatic rings. The molecule has 8 nitrogen and oxygen atoms in total. The molecule has 2 aliphatic heterocycles. The third kappa shape index (κ3) is 3.73. The zero-order valence-electron chi connectivity index (χ0n) is 19.2. The molecule has 0 bridgehead atoms. The van der Waals surface area contributed by atoms with Crippen LogP contribution in [0.3, 0.4) is 0 Å². The van der Waals surface area contributed by atoms with Gasteiger partial charge in [-0.1, -0.05) is 12.1 Å². The highest BCUT2D eigenvalue weighted by Crippen LogP contribution is 2.32. The van der Waals surface area contributed by atoms with Crippen LogP contribution in [-0.4, -0.2) is 44.7 Å². The summed E-state index contributed by atoms with van der Waals surface area (Å²) in [5.41, 5.74) is 5.05. The number of aryl methyl sites for hydroxylation is 2. The summed E-state index contributed by atoms with van der Waals surface area (Å²) in [5.74, 6) is 0.474. The molecular weight excluding hydrogens is 420 g/mol. The van der Waals surface area contributed by atoms with Gasteiger partial charge >= 0.3 is 0 Å². The lowest BCUT2D eigenvalue weighted by Crippen LogP contribution is -2.39. The number of hydrogen-bond acceptors (Lipinski definition) is 5. The molecule has 0 spiro atoms. The molecule has 0 radical (unpaired) electrons. The van der Waals surface area contributed by atoms with Crippen LogP contribution >= 0.6 is 0 Å². The molecule has 0 saturated carbocycles. The molecule has 1 aromatic carbocycles. The predicted molar refractivity (Wildman–Crippen MR) is 123 cm³/mol. The van der Waals surface area contributed by atoms with Gasteiger partial charge in [0, 0.05) is 36.5 Å². The summed E-state index contributed by atoms with van der Waals surface area (Å²) in [7, 11) is 0. The highest BCUT2D eigenvalue weighted by Gasteiger charge is 2.33. The van der Waals surface area contributed by atoms with E-state index in [0.717, 1.165) is 40.5 Å². The van der Waals surface area contributed by atoms with E-state index in [4.69, 9.17) is 9.40 Å². The van der Waals surface area contributed by atoms with Crippen LogP contribution in [0.4, 0.5) is 0 Å². The fourth-order valence-corrected chi connectivity index (χ4v) is 5.02. The Hall–Kier alpha value is -3.42. The van der Waals surface area contributed by atoms with E-state index in [0.29, 0.717) is 43.1 Å². The number of aromatic amines is 1. The Kier molecular flexibility index (Phi) is 5.31. The summed E-state index contributed by atoms with van der Waals surface area (Å²) < 4.78 is 5.78. The Labute approximate surface area is 191 Å². The third-order valence-corrected chi connectivity index (χ3v) is 7.11. The first-order chi connectivity index (χ1) is 15.8.